The van der Waals surface area contributed by atoms with E-state index < -0.39 is 0 Å². The number of fused-ring (bicyclic) bond motifs is 5. The Kier molecular flexibility index (Phi) is 7.78. The molecule has 0 amide bonds. The smallest absolute Gasteiger partial charge is 0.164 e. The summed E-state index contributed by atoms with van der Waals surface area (Å²) >= 11 is 0. The molecule has 0 saturated heterocycles. The first-order valence-corrected chi connectivity index (χ1v) is 19.3. The van der Waals surface area contributed by atoms with E-state index in [4.69, 9.17) is 15.0 Å². The van der Waals surface area contributed by atoms with E-state index in [1.807, 2.05) is 18.2 Å². The number of nitrogens with zero attached hydrogens (tertiary/aromatic N) is 4. The third kappa shape index (κ3) is 5.74. The highest BCUT2D eigenvalue weighted by Gasteiger charge is 2.17. The van der Waals surface area contributed by atoms with Crippen LogP contribution >= 0.6 is 0 Å². The van der Waals surface area contributed by atoms with Crippen LogP contribution in [0.15, 0.2) is 206 Å². The Bertz CT molecular complexity index is 3220. The highest BCUT2D eigenvalue weighted by Crippen LogP contribution is 2.38. The number of para-hydroxylation sites is 2. The molecule has 0 spiro atoms. The highest BCUT2D eigenvalue weighted by atomic mass is 15.0. The predicted molar refractivity (Wildman–Crippen MR) is 236 cm³/mol. The summed E-state index contributed by atoms with van der Waals surface area (Å²) in [4.78, 5) is 15.4. The molecular weight excluding hydrogens is 693 g/mol. The van der Waals surface area contributed by atoms with Gasteiger partial charge in [-0.1, -0.05) is 170 Å². The van der Waals surface area contributed by atoms with Crippen molar-refractivity contribution in [1.29, 1.82) is 0 Å². The lowest BCUT2D eigenvalue weighted by atomic mass is 9.94. The van der Waals surface area contributed by atoms with E-state index in [-0.39, 0.29) is 0 Å². The second-order valence-electron chi connectivity index (χ2n) is 14.4. The second-order valence-corrected chi connectivity index (χ2v) is 14.4. The van der Waals surface area contributed by atoms with Gasteiger partial charge in [-0.25, -0.2) is 15.0 Å². The summed E-state index contributed by atoms with van der Waals surface area (Å²) < 4.78 is 2.36. The van der Waals surface area contributed by atoms with Crippen molar-refractivity contribution in [3.05, 3.63) is 206 Å². The van der Waals surface area contributed by atoms with Crippen LogP contribution < -0.4 is 0 Å². The molecule has 11 aromatic rings. The van der Waals surface area contributed by atoms with Crippen LogP contribution in [-0.2, 0) is 0 Å². The van der Waals surface area contributed by atoms with Crippen molar-refractivity contribution >= 4 is 43.4 Å². The highest BCUT2D eigenvalue weighted by molar-refractivity contribution is 6.09. The first-order valence-electron chi connectivity index (χ1n) is 19.3. The Hall–Kier alpha value is -7.69. The van der Waals surface area contributed by atoms with Crippen LogP contribution in [0.1, 0.15) is 0 Å². The van der Waals surface area contributed by atoms with E-state index in [0.29, 0.717) is 17.5 Å². The lowest BCUT2D eigenvalue weighted by molar-refractivity contribution is 1.08. The predicted octanol–water partition coefficient (Wildman–Crippen LogP) is 13.6. The third-order valence-corrected chi connectivity index (χ3v) is 11.0. The van der Waals surface area contributed by atoms with Crippen LogP contribution in [0.5, 0.6) is 0 Å². The second kappa shape index (κ2) is 13.6. The molecule has 4 heteroatoms. The van der Waals surface area contributed by atoms with Crippen LogP contribution in [0, 0.1) is 0 Å². The van der Waals surface area contributed by atoms with Gasteiger partial charge >= 0.3 is 0 Å². The van der Waals surface area contributed by atoms with Gasteiger partial charge in [-0.15, -0.1) is 0 Å². The molecule has 0 N–H and O–H groups in total. The molecule has 2 heterocycles. The number of hydrogen-bond donors (Lipinski definition) is 0. The van der Waals surface area contributed by atoms with Gasteiger partial charge in [0.1, 0.15) is 0 Å². The Balaban J connectivity index is 0.985. The molecule has 0 atom stereocenters. The van der Waals surface area contributed by atoms with Gasteiger partial charge in [0.2, 0.25) is 0 Å². The van der Waals surface area contributed by atoms with Gasteiger partial charge in [0.25, 0.3) is 0 Å². The maximum Gasteiger partial charge on any atom is 0.164 e. The van der Waals surface area contributed by atoms with E-state index in [0.717, 1.165) is 55.0 Å². The lowest BCUT2D eigenvalue weighted by Crippen LogP contribution is -2.01. The number of benzene rings is 9. The van der Waals surface area contributed by atoms with Crippen LogP contribution in [0.25, 0.3) is 105 Å². The molecule has 4 nitrogen and oxygen atoms in total. The summed E-state index contributed by atoms with van der Waals surface area (Å²) in [6, 6.07) is 72.8. The van der Waals surface area contributed by atoms with Gasteiger partial charge in [-0.05, 0) is 74.8 Å². The van der Waals surface area contributed by atoms with Crippen LogP contribution in [0.4, 0.5) is 0 Å². The standard InChI is InChI=1S/C53H34N4/c1-3-13-36(14-4-1)44-21-11-17-37-18-12-22-47(50(37)44)53-55-51(38-15-5-2-6-16-38)54-52(56-53)42-28-27-40-33-39(25-26-41(40)34-42)35-29-31-43(32-30-35)57-48-23-9-7-19-45(48)46-20-8-10-24-49(46)57/h1-34H. The van der Waals surface area contributed by atoms with E-state index >= 15 is 0 Å². The minimum Gasteiger partial charge on any atom is -0.309 e. The van der Waals surface area contributed by atoms with Gasteiger partial charge in [-0.3, -0.25) is 0 Å². The maximum atomic E-state index is 5.20. The molecule has 0 radical (unpaired) electrons. The van der Waals surface area contributed by atoms with E-state index in [1.54, 1.807) is 0 Å². The number of hydrogen-bond acceptors (Lipinski definition) is 3. The lowest BCUT2D eigenvalue weighted by Gasteiger charge is -2.14. The molecule has 0 bridgehead atoms. The molecule has 9 aromatic carbocycles. The van der Waals surface area contributed by atoms with Crippen LogP contribution in [-0.4, -0.2) is 19.5 Å². The number of aromatic nitrogens is 4. The molecule has 0 unspecified atom stereocenters. The molecule has 2 aromatic heterocycles. The first-order chi connectivity index (χ1) is 28.2. The number of rotatable bonds is 6. The topological polar surface area (TPSA) is 43.6 Å². The summed E-state index contributed by atoms with van der Waals surface area (Å²) in [5.41, 5.74) is 11.1. The minimum absolute atomic E-state index is 0.639. The fraction of sp³-hybridized carbons (Fsp3) is 0. The van der Waals surface area contributed by atoms with Gasteiger partial charge in [0.15, 0.2) is 17.5 Å². The van der Waals surface area contributed by atoms with Crippen LogP contribution in [0.2, 0.25) is 0 Å². The summed E-state index contributed by atoms with van der Waals surface area (Å²) in [6.45, 7) is 0. The molecule has 266 valence electrons. The van der Waals surface area contributed by atoms with Gasteiger partial charge in [-0.2, -0.15) is 0 Å². The summed E-state index contributed by atoms with van der Waals surface area (Å²) in [5, 5.41) is 7.07. The molecule has 11 rings (SSSR count). The van der Waals surface area contributed by atoms with Gasteiger partial charge in [0.05, 0.1) is 11.0 Å². The summed E-state index contributed by atoms with van der Waals surface area (Å²) in [6.07, 6.45) is 0. The zero-order chi connectivity index (χ0) is 37.7. The fourth-order valence-corrected chi connectivity index (χ4v) is 8.30. The van der Waals surface area contributed by atoms with Crippen molar-refractivity contribution < 1.29 is 0 Å². The zero-order valence-electron chi connectivity index (χ0n) is 30.9. The Morgan fingerprint density at radius 1 is 0.298 bits per heavy atom. The van der Waals surface area contributed by atoms with E-state index in [2.05, 4.69) is 193 Å². The largest absolute Gasteiger partial charge is 0.309 e. The molecule has 0 aliphatic carbocycles. The zero-order valence-corrected chi connectivity index (χ0v) is 30.9. The van der Waals surface area contributed by atoms with E-state index in [9.17, 15) is 0 Å². The molecule has 0 aliphatic heterocycles. The third-order valence-electron chi connectivity index (χ3n) is 11.0. The van der Waals surface area contributed by atoms with Crippen molar-refractivity contribution in [1.82, 2.24) is 19.5 Å². The molecule has 57 heavy (non-hydrogen) atoms. The van der Waals surface area contributed by atoms with Crippen molar-refractivity contribution in [3.8, 4) is 62.1 Å². The normalized spacial score (nSPS) is 11.5. The van der Waals surface area contributed by atoms with Crippen LogP contribution in [0.3, 0.4) is 0 Å². The average molecular weight is 727 g/mol. The SMILES string of the molecule is c1ccc(-c2nc(-c3ccc4cc(-c5ccc(-n6c7ccccc7c7ccccc76)cc5)ccc4c3)nc(-c3cccc4cccc(-c5ccccc5)c34)n2)cc1. The quantitative estimate of drug-likeness (QED) is 0.171. The Morgan fingerprint density at radius 2 is 0.807 bits per heavy atom. The minimum atomic E-state index is 0.639. The van der Waals surface area contributed by atoms with Crippen molar-refractivity contribution in [2.75, 3.05) is 0 Å². The van der Waals surface area contributed by atoms with Crippen molar-refractivity contribution in [3.63, 3.8) is 0 Å². The summed E-state index contributed by atoms with van der Waals surface area (Å²) in [5.74, 6) is 1.93. The molecule has 0 aliphatic rings. The monoisotopic (exact) mass is 726 g/mol. The molecular formula is C53H34N4. The van der Waals surface area contributed by atoms with Gasteiger partial charge in [0, 0.05) is 38.5 Å². The molecule has 0 fully saturated rings. The van der Waals surface area contributed by atoms with E-state index in [1.165, 1.54) is 32.9 Å². The Labute approximate surface area is 330 Å². The average Bonchev–Trinajstić information content (AvgIpc) is 3.63. The summed E-state index contributed by atoms with van der Waals surface area (Å²) in [7, 11) is 0. The maximum absolute atomic E-state index is 5.20. The van der Waals surface area contributed by atoms with Gasteiger partial charge < -0.3 is 4.57 Å². The molecule has 0 saturated carbocycles. The Morgan fingerprint density at radius 3 is 1.47 bits per heavy atom. The first kappa shape index (κ1) is 32.7. The van der Waals surface area contributed by atoms with Crippen molar-refractivity contribution in [2.45, 2.75) is 0 Å². The fourth-order valence-electron chi connectivity index (χ4n) is 8.30. The van der Waals surface area contributed by atoms with Crippen molar-refractivity contribution in [2.24, 2.45) is 0 Å².